The average Bonchev–Trinajstić information content (AvgIpc) is 3.27. The molecule has 2 heteroatoms. The molecule has 1 aliphatic rings. The van der Waals surface area contributed by atoms with Crippen molar-refractivity contribution in [3.05, 3.63) is 48.0 Å². The van der Waals surface area contributed by atoms with Crippen LogP contribution in [-0.4, -0.2) is 13.1 Å². The van der Waals surface area contributed by atoms with Crippen molar-refractivity contribution in [2.45, 2.75) is 26.2 Å². The first-order valence-corrected chi connectivity index (χ1v) is 7.11. The second-order valence-electron chi connectivity index (χ2n) is 6.27. The number of ether oxygens (including phenoxy) is 1. The van der Waals surface area contributed by atoms with E-state index in [1.54, 1.807) is 0 Å². The highest BCUT2D eigenvalue weighted by Crippen LogP contribution is 2.57. The Morgan fingerprint density at radius 1 is 1.15 bits per heavy atom. The second kappa shape index (κ2) is 4.62. The Morgan fingerprint density at radius 2 is 1.85 bits per heavy atom. The second-order valence-corrected chi connectivity index (χ2v) is 6.27. The van der Waals surface area contributed by atoms with Gasteiger partial charge >= 0.3 is 5.97 Å². The van der Waals surface area contributed by atoms with E-state index in [0.29, 0.717) is 11.8 Å². The van der Waals surface area contributed by atoms with Crippen molar-refractivity contribution >= 4 is 16.7 Å². The van der Waals surface area contributed by atoms with Gasteiger partial charge < -0.3 is 4.74 Å². The maximum atomic E-state index is 11.9. The van der Waals surface area contributed by atoms with E-state index < -0.39 is 5.41 Å². The molecule has 0 saturated heterocycles. The van der Waals surface area contributed by atoms with Crippen LogP contribution in [-0.2, 0) is 9.53 Å². The largest absolute Gasteiger partial charge is 0.469 e. The van der Waals surface area contributed by atoms with Crippen LogP contribution in [0.3, 0.4) is 0 Å². The Kier molecular flexibility index (Phi) is 3.04. The molecule has 0 radical (unpaired) electrons. The zero-order chi connectivity index (χ0) is 14.3. The van der Waals surface area contributed by atoms with E-state index in [0.717, 1.165) is 6.42 Å². The minimum atomic E-state index is -0.398. The Labute approximate surface area is 119 Å². The Morgan fingerprint density at radius 3 is 2.55 bits per heavy atom. The fourth-order valence-electron chi connectivity index (χ4n) is 3.21. The normalized spacial score (nSPS) is 21.8. The molecule has 1 aliphatic carbocycles. The monoisotopic (exact) mass is 268 g/mol. The number of fused-ring (bicyclic) bond motifs is 1. The summed E-state index contributed by atoms with van der Waals surface area (Å²) in [5.41, 5.74) is 0.941. The first kappa shape index (κ1) is 13.2. The molecular formula is C18H20O2. The molecule has 20 heavy (non-hydrogen) atoms. The summed E-state index contributed by atoms with van der Waals surface area (Å²) < 4.78 is 4.93. The van der Waals surface area contributed by atoms with Crippen LogP contribution in [0.2, 0.25) is 0 Å². The lowest BCUT2D eigenvalue weighted by atomic mass is 9.85. The number of esters is 1. The highest BCUT2D eigenvalue weighted by Gasteiger charge is 2.52. The number of methoxy groups -OCH3 is 1. The van der Waals surface area contributed by atoms with Crippen molar-refractivity contribution in [2.24, 2.45) is 11.3 Å². The lowest BCUT2D eigenvalue weighted by molar-refractivity contribution is -0.152. The van der Waals surface area contributed by atoms with Gasteiger partial charge in [0.1, 0.15) is 0 Å². The molecule has 2 nitrogen and oxygen atoms in total. The van der Waals surface area contributed by atoms with Gasteiger partial charge in [0.15, 0.2) is 0 Å². The predicted molar refractivity (Wildman–Crippen MR) is 80.6 cm³/mol. The lowest BCUT2D eigenvalue weighted by Gasteiger charge is -2.21. The van der Waals surface area contributed by atoms with Crippen molar-refractivity contribution in [2.75, 3.05) is 7.11 Å². The third-order valence-electron chi connectivity index (χ3n) is 4.63. The van der Waals surface area contributed by atoms with Gasteiger partial charge in [-0.3, -0.25) is 4.79 Å². The molecule has 0 amide bonds. The average molecular weight is 268 g/mol. The third kappa shape index (κ3) is 2.09. The van der Waals surface area contributed by atoms with Crippen LogP contribution in [0.15, 0.2) is 42.5 Å². The maximum Gasteiger partial charge on any atom is 0.311 e. The Bertz CT molecular complexity index is 657. The summed E-state index contributed by atoms with van der Waals surface area (Å²) in [6.45, 7) is 3.98. The van der Waals surface area contributed by atoms with E-state index in [1.807, 2.05) is 13.8 Å². The molecule has 1 saturated carbocycles. The van der Waals surface area contributed by atoms with E-state index in [-0.39, 0.29) is 5.97 Å². The quantitative estimate of drug-likeness (QED) is 0.782. The third-order valence-corrected chi connectivity index (χ3v) is 4.63. The first-order chi connectivity index (χ1) is 9.54. The summed E-state index contributed by atoms with van der Waals surface area (Å²) in [6.07, 6.45) is 1.07. The molecule has 3 rings (SSSR count). The van der Waals surface area contributed by atoms with Crippen LogP contribution in [0.4, 0.5) is 0 Å². The van der Waals surface area contributed by atoms with E-state index in [4.69, 9.17) is 4.74 Å². The van der Waals surface area contributed by atoms with Crippen molar-refractivity contribution in [3.8, 4) is 0 Å². The Balaban J connectivity index is 1.86. The van der Waals surface area contributed by atoms with E-state index in [9.17, 15) is 4.79 Å². The van der Waals surface area contributed by atoms with E-state index in [2.05, 4.69) is 42.5 Å². The van der Waals surface area contributed by atoms with Crippen LogP contribution in [0.25, 0.3) is 10.8 Å². The molecule has 0 bridgehead atoms. The molecule has 0 aromatic heterocycles. The molecule has 2 aromatic rings. The van der Waals surface area contributed by atoms with Crippen molar-refractivity contribution < 1.29 is 9.53 Å². The smallest absolute Gasteiger partial charge is 0.311 e. The van der Waals surface area contributed by atoms with Gasteiger partial charge in [0.05, 0.1) is 12.5 Å². The minimum absolute atomic E-state index is 0.106. The molecule has 0 heterocycles. The van der Waals surface area contributed by atoms with Crippen molar-refractivity contribution in [1.82, 2.24) is 0 Å². The van der Waals surface area contributed by atoms with Crippen LogP contribution < -0.4 is 0 Å². The van der Waals surface area contributed by atoms with Gasteiger partial charge in [-0.15, -0.1) is 0 Å². The number of carbonyl (C=O) groups is 1. The molecule has 1 fully saturated rings. The van der Waals surface area contributed by atoms with Crippen LogP contribution in [0.1, 0.15) is 31.7 Å². The molecule has 104 valence electrons. The zero-order valence-electron chi connectivity index (χ0n) is 12.2. The fraction of sp³-hybridized carbons (Fsp3) is 0.389. The molecule has 2 unspecified atom stereocenters. The molecule has 0 spiro atoms. The standard InChI is InChI=1S/C18H20O2/c1-18(2,17(19)20-3)16-11-15(16)14-9-8-12-6-4-5-7-13(12)10-14/h4-10,15-16H,11H2,1-3H3. The summed E-state index contributed by atoms with van der Waals surface area (Å²) in [4.78, 5) is 11.9. The van der Waals surface area contributed by atoms with Gasteiger partial charge in [-0.2, -0.15) is 0 Å². The van der Waals surface area contributed by atoms with Crippen LogP contribution in [0, 0.1) is 11.3 Å². The topological polar surface area (TPSA) is 26.3 Å². The first-order valence-electron chi connectivity index (χ1n) is 7.11. The predicted octanol–water partition coefficient (Wildman–Crippen LogP) is 4.14. The van der Waals surface area contributed by atoms with Crippen molar-refractivity contribution in [1.29, 1.82) is 0 Å². The summed E-state index contributed by atoms with van der Waals surface area (Å²) in [7, 11) is 1.47. The fourth-order valence-corrected chi connectivity index (χ4v) is 3.21. The zero-order valence-corrected chi connectivity index (χ0v) is 12.2. The SMILES string of the molecule is COC(=O)C(C)(C)C1CC1c1ccc2ccccc2c1. The van der Waals surface area contributed by atoms with Gasteiger partial charge in [-0.05, 0) is 48.4 Å². The summed E-state index contributed by atoms with van der Waals surface area (Å²) in [6, 6.07) is 15.0. The highest BCUT2D eigenvalue weighted by molar-refractivity contribution is 5.83. The van der Waals surface area contributed by atoms with Gasteiger partial charge in [0.2, 0.25) is 0 Å². The number of hydrogen-bond donors (Lipinski definition) is 0. The van der Waals surface area contributed by atoms with E-state index in [1.165, 1.54) is 23.4 Å². The van der Waals surface area contributed by atoms with Crippen molar-refractivity contribution in [3.63, 3.8) is 0 Å². The molecule has 0 aliphatic heterocycles. The summed E-state index contributed by atoms with van der Waals surface area (Å²) in [5, 5.41) is 2.53. The highest BCUT2D eigenvalue weighted by atomic mass is 16.5. The van der Waals surface area contributed by atoms with Gasteiger partial charge in [-0.25, -0.2) is 0 Å². The summed E-state index contributed by atoms with van der Waals surface area (Å²) in [5.74, 6) is 0.760. The van der Waals surface area contributed by atoms with Gasteiger partial charge in [0, 0.05) is 0 Å². The number of benzene rings is 2. The van der Waals surface area contributed by atoms with Crippen LogP contribution >= 0.6 is 0 Å². The number of rotatable bonds is 3. The lowest BCUT2D eigenvalue weighted by Crippen LogP contribution is -2.28. The Hall–Kier alpha value is -1.83. The van der Waals surface area contributed by atoms with E-state index >= 15 is 0 Å². The minimum Gasteiger partial charge on any atom is -0.469 e. The maximum absolute atomic E-state index is 11.9. The van der Waals surface area contributed by atoms with Gasteiger partial charge in [-0.1, -0.05) is 42.5 Å². The molecular weight excluding hydrogens is 248 g/mol. The van der Waals surface area contributed by atoms with Crippen LogP contribution in [0.5, 0.6) is 0 Å². The molecule has 2 atom stereocenters. The summed E-state index contributed by atoms with van der Waals surface area (Å²) >= 11 is 0. The van der Waals surface area contributed by atoms with Gasteiger partial charge in [0.25, 0.3) is 0 Å². The molecule has 0 N–H and O–H groups in total. The number of hydrogen-bond acceptors (Lipinski definition) is 2. The molecule has 2 aromatic carbocycles. The number of carbonyl (C=O) groups excluding carboxylic acids is 1.